The number of nitrogen functional groups attached to an aromatic ring is 1. The van der Waals surface area contributed by atoms with Gasteiger partial charge in [-0.25, -0.2) is 0 Å². The lowest BCUT2D eigenvalue weighted by Crippen LogP contribution is -2.39. The lowest BCUT2D eigenvalue weighted by Gasteiger charge is -2.31. The minimum Gasteiger partial charge on any atom is -0.393 e. The lowest BCUT2D eigenvalue weighted by atomic mass is 9.97. The van der Waals surface area contributed by atoms with Gasteiger partial charge in [0.1, 0.15) is 11.3 Å². The Kier molecular flexibility index (Phi) is 4.74. The second-order valence-electron chi connectivity index (χ2n) is 5.19. The Labute approximate surface area is 122 Å². The predicted octanol–water partition coefficient (Wildman–Crippen LogP) is 1.68. The molecular weight excluding hydrogens is 274 g/mol. The molecule has 1 fully saturated rings. The average molecular weight is 293 g/mol. The standard InChI is InChI=1S/C14H19N3O4/c1-21-9-10-5-7-16(8-6-10)14(18)11-3-2-4-12(15)13(11)17(19)20/h2-4,10H,5-9,15H2,1H3. The molecule has 2 rings (SSSR count). The summed E-state index contributed by atoms with van der Waals surface area (Å²) in [6, 6.07) is 4.45. The number of hydrogen-bond acceptors (Lipinski definition) is 5. The molecule has 7 heteroatoms. The summed E-state index contributed by atoms with van der Waals surface area (Å²) in [4.78, 5) is 24.6. The third kappa shape index (κ3) is 3.30. The first-order valence-electron chi connectivity index (χ1n) is 6.85. The Morgan fingerprint density at radius 3 is 2.71 bits per heavy atom. The molecule has 7 nitrogen and oxygen atoms in total. The van der Waals surface area contributed by atoms with E-state index in [1.54, 1.807) is 18.1 Å². The van der Waals surface area contributed by atoms with Crippen LogP contribution in [-0.4, -0.2) is 42.5 Å². The van der Waals surface area contributed by atoms with Gasteiger partial charge in [0.05, 0.1) is 4.92 Å². The molecule has 0 unspecified atom stereocenters. The normalized spacial score (nSPS) is 16.0. The second-order valence-corrected chi connectivity index (χ2v) is 5.19. The van der Waals surface area contributed by atoms with Gasteiger partial charge >= 0.3 is 5.69 Å². The number of methoxy groups -OCH3 is 1. The highest BCUT2D eigenvalue weighted by Gasteiger charge is 2.29. The van der Waals surface area contributed by atoms with Gasteiger partial charge in [-0.1, -0.05) is 6.07 Å². The number of piperidine rings is 1. The van der Waals surface area contributed by atoms with Crippen LogP contribution < -0.4 is 5.73 Å². The number of carbonyl (C=O) groups excluding carboxylic acids is 1. The van der Waals surface area contributed by atoms with Crippen LogP contribution in [0.2, 0.25) is 0 Å². The summed E-state index contributed by atoms with van der Waals surface area (Å²) in [5.41, 5.74) is 5.39. The highest BCUT2D eigenvalue weighted by Crippen LogP contribution is 2.28. The Morgan fingerprint density at radius 1 is 1.48 bits per heavy atom. The zero-order valence-corrected chi connectivity index (χ0v) is 11.9. The topological polar surface area (TPSA) is 98.7 Å². The minimum atomic E-state index is -0.597. The number of benzene rings is 1. The number of likely N-dealkylation sites (tertiary alicyclic amines) is 1. The molecule has 0 atom stereocenters. The maximum Gasteiger partial charge on any atom is 0.304 e. The Hall–Kier alpha value is -2.15. The number of nitrogens with two attached hydrogens (primary N) is 1. The van der Waals surface area contributed by atoms with Gasteiger partial charge in [-0.05, 0) is 30.9 Å². The summed E-state index contributed by atoms with van der Waals surface area (Å²) in [6.07, 6.45) is 1.69. The molecule has 114 valence electrons. The molecule has 1 aliphatic heterocycles. The van der Waals surface area contributed by atoms with Crippen LogP contribution >= 0.6 is 0 Å². The summed E-state index contributed by atoms with van der Waals surface area (Å²) in [5, 5.41) is 11.1. The predicted molar refractivity (Wildman–Crippen MR) is 78.0 cm³/mol. The minimum absolute atomic E-state index is 0.0140. The molecule has 0 aliphatic carbocycles. The van der Waals surface area contributed by atoms with Gasteiger partial charge in [-0.15, -0.1) is 0 Å². The van der Waals surface area contributed by atoms with E-state index in [1.165, 1.54) is 12.1 Å². The molecule has 0 saturated carbocycles. The Morgan fingerprint density at radius 2 is 2.14 bits per heavy atom. The molecule has 1 aromatic carbocycles. The van der Waals surface area contributed by atoms with E-state index in [4.69, 9.17) is 10.5 Å². The SMILES string of the molecule is COCC1CCN(C(=O)c2cccc(N)c2[N+](=O)[O-])CC1. The molecule has 21 heavy (non-hydrogen) atoms. The third-order valence-electron chi connectivity index (χ3n) is 3.78. The van der Waals surface area contributed by atoms with E-state index in [-0.39, 0.29) is 22.8 Å². The van der Waals surface area contributed by atoms with E-state index < -0.39 is 4.92 Å². The van der Waals surface area contributed by atoms with E-state index in [0.29, 0.717) is 25.6 Å². The van der Waals surface area contributed by atoms with Crippen LogP contribution in [0.3, 0.4) is 0 Å². The van der Waals surface area contributed by atoms with Gasteiger partial charge in [0.15, 0.2) is 0 Å². The van der Waals surface area contributed by atoms with Crippen LogP contribution in [0.5, 0.6) is 0 Å². The molecule has 1 amide bonds. The van der Waals surface area contributed by atoms with Gasteiger partial charge < -0.3 is 15.4 Å². The van der Waals surface area contributed by atoms with Crippen molar-refractivity contribution in [3.63, 3.8) is 0 Å². The summed E-state index contributed by atoms with van der Waals surface area (Å²) in [6.45, 7) is 1.85. The molecule has 1 aromatic rings. The van der Waals surface area contributed by atoms with Gasteiger partial charge in [-0.3, -0.25) is 14.9 Å². The lowest BCUT2D eigenvalue weighted by molar-refractivity contribution is -0.384. The van der Waals surface area contributed by atoms with Crippen molar-refractivity contribution in [1.82, 2.24) is 4.90 Å². The number of amides is 1. The third-order valence-corrected chi connectivity index (χ3v) is 3.78. The smallest absolute Gasteiger partial charge is 0.304 e. The fourth-order valence-corrected chi connectivity index (χ4v) is 2.65. The van der Waals surface area contributed by atoms with Gasteiger partial charge in [0.25, 0.3) is 5.91 Å². The first-order chi connectivity index (χ1) is 10.0. The monoisotopic (exact) mass is 293 g/mol. The number of rotatable bonds is 4. The van der Waals surface area contributed by atoms with E-state index in [9.17, 15) is 14.9 Å². The first kappa shape index (κ1) is 15.2. The van der Waals surface area contributed by atoms with Crippen molar-refractivity contribution in [2.75, 3.05) is 32.5 Å². The highest BCUT2D eigenvalue weighted by molar-refractivity contribution is 6.00. The van der Waals surface area contributed by atoms with Crippen molar-refractivity contribution in [3.05, 3.63) is 33.9 Å². The number of nitro groups is 1. The van der Waals surface area contributed by atoms with Gasteiger partial charge in [-0.2, -0.15) is 0 Å². The van der Waals surface area contributed by atoms with Crippen molar-refractivity contribution < 1.29 is 14.5 Å². The Balaban J connectivity index is 2.15. The van der Waals surface area contributed by atoms with Crippen LogP contribution in [-0.2, 0) is 4.74 Å². The van der Waals surface area contributed by atoms with E-state index >= 15 is 0 Å². The molecular formula is C14H19N3O4. The molecule has 0 radical (unpaired) electrons. The van der Waals surface area contributed by atoms with E-state index in [2.05, 4.69) is 0 Å². The van der Waals surface area contributed by atoms with Crippen molar-refractivity contribution in [1.29, 1.82) is 0 Å². The Bertz CT molecular complexity index is 539. The summed E-state index contributed by atoms with van der Waals surface area (Å²) < 4.78 is 5.12. The van der Waals surface area contributed by atoms with Crippen molar-refractivity contribution in [3.8, 4) is 0 Å². The maximum atomic E-state index is 12.5. The number of para-hydroxylation sites is 1. The van der Waals surface area contributed by atoms with Crippen LogP contribution in [0.15, 0.2) is 18.2 Å². The van der Waals surface area contributed by atoms with E-state index in [1.807, 2.05) is 0 Å². The number of nitro benzene ring substituents is 1. The average Bonchev–Trinajstić information content (AvgIpc) is 2.47. The van der Waals surface area contributed by atoms with Crippen LogP contribution in [0.25, 0.3) is 0 Å². The molecule has 0 aromatic heterocycles. The zero-order chi connectivity index (χ0) is 15.4. The van der Waals surface area contributed by atoms with Crippen molar-refractivity contribution in [2.24, 2.45) is 5.92 Å². The fourth-order valence-electron chi connectivity index (χ4n) is 2.65. The number of nitrogens with zero attached hydrogens (tertiary/aromatic N) is 2. The number of ether oxygens (including phenoxy) is 1. The molecule has 1 heterocycles. The van der Waals surface area contributed by atoms with Crippen LogP contribution in [0, 0.1) is 16.0 Å². The first-order valence-corrected chi connectivity index (χ1v) is 6.85. The number of carbonyl (C=O) groups is 1. The van der Waals surface area contributed by atoms with Gasteiger partial charge in [0, 0.05) is 26.8 Å². The molecule has 0 spiro atoms. The van der Waals surface area contributed by atoms with Gasteiger partial charge in [0.2, 0.25) is 0 Å². The van der Waals surface area contributed by atoms with Crippen LogP contribution in [0.1, 0.15) is 23.2 Å². The summed E-state index contributed by atoms with van der Waals surface area (Å²) in [7, 11) is 1.66. The summed E-state index contributed by atoms with van der Waals surface area (Å²) in [5.74, 6) is 0.111. The largest absolute Gasteiger partial charge is 0.393 e. The number of hydrogen-bond donors (Lipinski definition) is 1. The van der Waals surface area contributed by atoms with Crippen molar-refractivity contribution in [2.45, 2.75) is 12.8 Å². The molecule has 1 saturated heterocycles. The maximum absolute atomic E-state index is 12.5. The molecule has 0 bridgehead atoms. The van der Waals surface area contributed by atoms with Crippen LogP contribution in [0.4, 0.5) is 11.4 Å². The molecule has 2 N–H and O–H groups in total. The highest BCUT2D eigenvalue weighted by atomic mass is 16.6. The quantitative estimate of drug-likeness (QED) is 0.517. The number of anilines is 1. The molecule has 1 aliphatic rings. The fraction of sp³-hybridized carbons (Fsp3) is 0.500. The summed E-state index contributed by atoms with van der Waals surface area (Å²) >= 11 is 0. The van der Waals surface area contributed by atoms with E-state index in [0.717, 1.165) is 12.8 Å². The van der Waals surface area contributed by atoms with Crippen molar-refractivity contribution >= 4 is 17.3 Å². The second kappa shape index (κ2) is 6.53. The zero-order valence-electron chi connectivity index (χ0n) is 11.9.